The number of ether oxygens (including phenoxy) is 1. The lowest BCUT2D eigenvalue weighted by Gasteiger charge is -2.33. The van der Waals surface area contributed by atoms with Crippen LogP contribution in [-0.2, 0) is 11.3 Å². The summed E-state index contributed by atoms with van der Waals surface area (Å²) in [7, 11) is 0. The zero-order chi connectivity index (χ0) is 11.4. The number of pyridine rings is 1. The van der Waals surface area contributed by atoms with Gasteiger partial charge in [0.05, 0.1) is 13.2 Å². The monoisotopic (exact) mass is 222 g/mol. The van der Waals surface area contributed by atoms with Crippen molar-refractivity contribution in [3.63, 3.8) is 0 Å². The lowest BCUT2D eigenvalue weighted by molar-refractivity contribution is -0.00436. The van der Waals surface area contributed by atoms with E-state index in [-0.39, 0.29) is 0 Å². The van der Waals surface area contributed by atoms with Crippen LogP contribution >= 0.6 is 0 Å². The molecule has 5 heteroatoms. The third-order valence-electron chi connectivity index (χ3n) is 2.86. The second-order valence-corrected chi connectivity index (χ2v) is 4.09. The van der Waals surface area contributed by atoms with Gasteiger partial charge in [-0.15, -0.1) is 0 Å². The van der Waals surface area contributed by atoms with Gasteiger partial charge in [0.15, 0.2) is 0 Å². The van der Waals surface area contributed by atoms with Crippen molar-refractivity contribution in [2.24, 2.45) is 5.84 Å². The lowest BCUT2D eigenvalue weighted by Crippen LogP contribution is -2.42. The Hall–Kier alpha value is -1.17. The SMILES string of the molecule is CC1COCCN1Cc1ccnc(NN)c1. The number of nitrogen functional groups attached to an aromatic ring is 1. The number of hydrogen-bond donors (Lipinski definition) is 2. The summed E-state index contributed by atoms with van der Waals surface area (Å²) in [5.74, 6) is 6.04. The van der Waals surface area contributed by atoms with Gasteiger partial charge in [0.2, 0.25) is 0 Å². The van der Waals surface area contributed by atoms with Gasteiger partial charge < -0.3 is 10.2 Å². The molecule has 1 fully saturated rings. The maximum Gasteiger partial charge on any atom is 0.140 e. The Morgan fingerprint density at radius 2 is 2.56 bits per heavy atom. The molecule has 5 nitrogen and oxygen atoms in total. The summed E-state index contributed by atoms with van der Waals surface area (Å²) in [5.41, 5.74) is 3.78. The Kier molecular flexibility index (Phi) is 3.71. The molecule has 3 N–H and O–H groups in total. The van der Waals surface area contributed by atoms with Crippen molar-refractivity contribution in [1.29, 1.82) is 0 Å². The summed E-state index contributed by atoms with van der Waals surface area (Å²) >= 11 is 0. The van der Waals surface area contributed by atoms with Crippen molar-refractivity contribution >= 4 is 5.82 Å². The van der Waals surface area contributed by atoms with Gasteiger partial charge in [0.1, 0.15) is 5.82 Å². The highest BCUT2D eigenvalue weighted by Crippen LogP contribution is 2.13. The molecule has 0 radical (unpaired) electrons. The number of hydrogen-bond acceptors (Lipinski definition) is 5. The molecular weight excluding hydrogens is 204 g/mol. The molecule has 1 atom stereocenters. The third kappa shape index (κ3) is 2.69. The quantitative estimate of drug-likeness (QED) is 0.579. The van der Waals surface area contributed by atoms with Crippen molar-refractivity contribution in [1.82, 2.24) is 9.88 Å². The van der Waals surface area contributed by atoms with Crippen LogP contribution in [0.15, 0.2) is 18.3 Å². The van der Waals surface area contributed by atoms with Crippen LogP contribution in [0.2, 0.25) is 0 Å². The van der Waals surface area contributed by atoms with Crippen LogP contribution in [-0.4, -0.2) is 35.7 Å². The Morgan fingerprint density at radius 1 is 1.69 bits per heavy atom. The number of nitrogens with two attached hydrogens (primary N) is 1. The second kappa shape index (κ2) is 5.25. The standard InChI is InChI=1S/C11H18N4O/c1-9-8-16-5-4-15(9)7-10-2-3-13-11(6-10)14-12/h2-3,6,9H,4-5,7-8,12H2,1H3,(H,13,14). The van der Waals surface area contributed by atoms with Gasteiger partial charge in [-0.25, -0.2) is 10.8 Å². The van der Waals surface area contributed by atoms with Crippen LogP contribution in [0.25, 0.3) is 0 Å². The molecule has 88 valence electrons. The van der Waals surface area contributed by atoms with Gasteiger partial charge >= 0.3 is 0 Å². The average molecular weight is 222 g/mol. The van der Waals surface area contributed by atoms with Gasteiger partial charge in [0.25, 0.3) is 0 Å². The number of nitrogens with one attached hydrogen (secondary N) is 1. The summed E-state index contributed by atoms with van der Waals surface area (Å²) in [4.78, 5) is 6.49. The fourth-order valence-corrected chi connectivity index (χ4v) is 1.88. The van der Waals surface area contributed by atoms with E-state index in [1.165, 1.54) is 5.56 Å². The highest BCUT2D eigenvalue weighted by molar-refractivity contribution is 5.35. The molecule has 1 aromatic heterocycles. The molecule has 1 aromatic rings. The smallest absolute Gasteiger partial charge is 0.140 e. The van der Waals surface area contributed by atoms with E-state index in [0.29, 0.717) is 11.9 Å². The predicted octanol–water partition coefficient (Wildman–Crippen LogP) is 0.588. The van der Waals surface area contributed by atoms with Crippen LogP contribution < -0.4 is 11.3 Å². The van der Waals surface area contributed by atoms with Crippen LogP contribution in [0.4, 0.5) is 5.82 Å². The molecule has 1 saturated heterocycles. The molecule has 2 rings (SSSR count). The van der Waals surface area contributed by atoms with E-state index in [1.807, 2.05) is 12.1 Å². The first kappa shape index (κ1) is 11.3. The average Bonchev–Trinajstić information content (AvgIpc) is 2.32. The van der Waals surface area contributed by atoms with E-state index in [0.717, 1.165) is 26.3 Å². The number of rotatable bonds is 3. The molecule has 0 aromatic carbocycles. The van der Waals surface area contributed by atoms with Crippen molar-refractivity contribution in [2.75, 3.05) is 25.2 Å². The number of anilines is 1. The predicted molar refractivity (Wildman–Crippen MR) is 62.7 cm³/mol. The Balaban J connectivity index is 2.01. The summed E-state index contributed by atoms with van der Waals surface area (Å²) in [6.45, 7) is 5.71. The van der Waals surface area contributed by atoms with Crippen LogP contribution in [0.5, 0.6) is 0 Å². The fraction of sp³-hybridized carbons (Fsp3) is 0.545. The van der Waals surface area contributed by atoms with Gasteiger partial charge in [-0.1, -0.05) is 0 Å². The molecule has 2 heterocycles. The van der Waals surface area contributed by atoms with Crippen molar-refractivity contribution in [3.05, 3.63) is 23.9 Å². The van der Waals surface area contributed by atoms with Gasteiger partial charge in [-0.2, -0.15) is 0 Å². The first-order chi connectivity index (χ1) is 7.79. The molecule has 0 bridgehead atoms. The fourth-order valence-electron chi connectivity index (χ4n) is 1.88. The molecule has 0 spiro atoms. The van der Waals surface area contributed by atoms with E-state index in [2.05, 4.69) is 22.2 Å². The molecule has 16 heavy (non-hydrogen) atoms. The van der Waals surface area contributed by atoms with E-state index < -0.39 is 0 Å². The van der Waals surface area contributed by atoms with E-state index in [1.54, 1.807) is 6.20 Å². The van der Waals surface area contributed by atoms with Crippen LogP contribution in [0, 0.1) is 0 Å². The Labute approximate surface area is 95.6 Å². The third-order valence-corrected chi connectivity index (χ3v) is 2.86. The van der Waals surface area contributed by atoms with Crippen LogP contribution in [0.1, 0.15) is 12.5 Å². The van der Waals surface area contributed by atoms with Crippen molar-refractivity contribution in [2.45, 2.75) is 19.5 Å². The van der Waals surface area contributed by atoms with Gasteiger partial charge in [-0.3, -0.25) is 4.90 Å². The van der Waals surface area contributed by atoms with Crippen molar-refractivity contribution in [3.8, 4) is 0 Å². The molecule has 1 aliphatic rings. The molecule has 0 aliphatic carbocycles. The Bertz CT molecular complexity index is 345. The maximum atomic E-state index is 5.41. The minimum atomic E-state index is 0.469. The van der Waals surface area contributed by atoms with E-state index in [4.69, 9.17) is 10.6 Å². The van der Waals surface area contributed by atoms with E-state index in [9.17, 15) is 0 Å². The minimum absolute atomic E-state index is 0.469. The maximum absolute atomic E-state index is 5.41. The lowest BCUT2D eigenvalue weighted by atomic mass is 10.2. The van der Waals surface area contributed by atoms with Crippen LogP contribution in [0.3, 0.4) is 0 Å². The topological polar surface area (TPSA) is 63.4 Å². The first-order valence-corrected chi connectivity index (χ1v) is 5.53. The van der Waals surface area contributed by atoms with E-state index >= 15 is 0 Å². The molecule has 0 amide bonds. The minimum Gasteiger partial charge on any atom is -0.379 e. The number of nitrogens with zero attached hydrogens (tertiary/aromatic N) is 2. The molecule has 1 unspecified atom stereocenters. The molecular formula is C11H18N4O. The number of hydrazine groups is 1. The number of morpholine rings is 1. The summed E-state index contributed by atoms with van der Waals surface area (Å²) in [6.07, 6.45) is 1.77. The van der Waals surface area contributed by atoms with Gasteiger partial charge in [0, 0.05) is 25.3 Å². The number of aromatic nitrogens is 1. The second-order valence-electron chi connectivity index (χ2n) is 4.09. The Morgan fingerprint density at radius 3 is 3.31 bits per heavy atom. The zero-order valence-electron chi connectivity index (χ0n) is 9.52. The summed E-state index contributed by atoms with van der Waals surface area (Å²) in [5, 5.41) is 0. The highest BCUT2D eigenvalue weighted by Gasteiger charge is 2.18. The first-order valence-electron chi connectivity index (χ1n) is 5.53. The molecule has 1 aliphatic heterocycles. The largest absolute Gasteiger partial charge is 0.379 e. The summed E-state index contributed by atoms with van der Waals surface area (Å²) < 4.78 is 5.41. The highest BCUT2D eigenvalue weighted by atomic mass is 16.5. The zero-order valence-corrected chi connectivity index (χ0v) is 9.52. The molecule has 0 saturated carbocycles. The summed E-state index contributed by atoms with van der Waals surface area (Å²) in [6, 6.07) is 4.46. The normalized spacial score (nSPS) is 22.0. The van der Waals surface area contributed by atoms with Gasteiger partial charge in [-0.05, 0) is 24.6 Å². The van der Waals surface area contributed by atoms with Crippen molar-refractivity contribution < 1.29 is 4.74 Å².